The third-order valence-electron chi connectivity index (χ3n) is 5.99. The number of benzene rings is 4. The van der Waals surface area contributed by atoms with Gasteiger partial charge in [0, 0.05) is 16.7 Å². The molecule has 1 fully saturated rings. The molecule has 36 heavy (non-hydrogen) atoms. The number of hydrogen-bond donors (Lipinski definition) is 1. The van der Waals surface area contributed by atoms with Gasteiger partial charge in [-0.2, -0.15) is 5.26 Å². The van der Waals surface area contributed by atoms with Crippen molar-refractivity contribution in [2.24, 2.45) is 0 Å². The minimum atomic E-state index is -0.625. The Bertz CT molecular complexity index is 1570. The van der Waals surface area contributed by atoms with Gasteiger partial charge in [-0.25, -0.2) is 9.18 Å². The monoisotopic (exact) mass is 477 g/mol. The van der Waals surface area contributed by atoms with Gasteiger partial charge in [0.25, 0.3) is 5.91 Å². The van der Waals surface area contributed by atoms with Gasteiger partial charge in [-0.1, -0.05) is 66.7 Å². The van der Waals surface area contributed by atoms with Gasteiger partial charge in [-0.05, 0) is 35.0 Å². The molecule has 0 saturated carbocycles. The van der Waals surface area contributed by atoms with Gasteiger partial charge in [0.1, 0.15) is 23.9 Å². The van der Waals surface area contributed by atoms with Crippen LogP contribution in [0.25, 0.3) is 16.8 Å². The lowest BCUT2D eigenvalue weighted by molar-refractivity contribution is -0.123. The fourth-order valence-electron chi connectivity index (χ4n) is 4.12. The van der Waals surface area contributed by atoms with E-state index in [1.807, 2.05) is 42.5 Å². The van der Waals surface area contributed by atoms with Crippen molar-refractivity contribution in [2.75, 3.05) is 0 Å². The molecule has 4 aromatic rings. The number of imide groups is 1. The average molecular weight is 477 g/mol. The Kier molecular flexibility index (Phi) is 6.16. The van der Waals surface area contributed by atoms with E-state index in [2.05, 4.69) is 11.4 Å². The lowest BCUT2D eigenvalue weighted by atomic mass is 10.0. The van der Waals surface area contributed by atoms with E-state index in [0.717, 1.165) is 21.2 Å². The first-order valence-electron chi connectivity index (χ1n) is 11.3. The van der Waals surface area contributed by atoms with Crippen LogP contribution in [0.4, 0.5) is 9.18 Å². The van der Waals surface area contributed by atoms with E-state index < -0.39 is 17.8 Å². The summed E-state index contributed by atoms with van der Waals surface area (Å²) in [7, 11) is 0. The number of carbonyl (C=O) groups excluding carboxylic acids is 2. The first-order chi connectivity index (χ1) is 17.5. The van der Waals surface area contributed by atoms with Crippen LogP contribution >= 0.6 is 0 Å². The molecule has 1 heterocycles. The Hall–Kier alpha value is -4.96. The van der Waals surface area contributed by atoms with E-state index >= 15 is 0 Å². The van der Waals surface area contributed by atoms with Crippen molar-refractivity contribution in [3.63, 3.8) is 0 Å². The van der Waals surface area contributed by atoms with E-state index in [0.29, 0.717) is 16.9 Å². The van der Waals surface area contributed by atoms with Crippen molar-refractivity contribution in [2.45, 2.75) is 13.2 Å². The van der Waals surface area contributed by atoms with E-state index in [-0.39, 0.29) is 24.4 Å². The van der Waals surface area contributed by atoms with Crippen molar-refractivity contribution in [3.8, 4) is 11.8 Å². The minimum Gasteiger partial charge on any atom is -0.488 e. The van der Waals surface area contributed by atoms with Crippen LogP contribution in [-0.2, 0) is 17.9 Å². The summed E-state index contributed by atoms with van der Waals surface area (Å²) >= 11 is 0. The predicted molar refractivity (Wildman–Crippen MR) is 133 cm³/mol. The number of urea groups is 1. The molecular weight excluding hydrogens is 457 g/mol. The molecule has 7 heteroatoms. The number of carbonyl (C=O) groups is 2. The van der Waals surface area contributed by atoms with Crippen LogP contribution in [0.15, 0.2) is 90.6 Å². The fraction of sp³-hybridized carbons (Fsp3) is 0.0690. The van der Waals surface area contributed by atoms with Crippen LogP contribution in [0.3, 0.4) is 0 Å². The third-order valence-corrected chi connectivity index (χ3v) is 5.99. The fourth-order valence-corrected chi connectivity index (χ4v) is 4.12. The molecule has 5 rings (SSSR count). The number of amides is 3. The molecule has 3 amide bonds. The highest BCUT2D eigenvalue weighted by molar-refractivity contribution is 6.14. The Morgan fingerprint density at radius 3 is 2.44 bits per heavy atom. The number of nitriles is 1. The van der Waals surface area contributed by atoms with E-state index in [9.17, 15) is 19.2 Å². The molecule has 0 aliphatic carbocycles. The molecule has 0 atom stereocenters. The lowest BCUT2D eigenvalue weighted by Crippen LogP contribution is -2.30. The first kappa shape index (κ1) is 22.8. The highest BCUT2D eigenvalue weighted by Crippen LogP contribution is 2.32. The summed E-state index contributed by atoms with van der Waals surface area (Å²) in [5.74, 6) is -0.557. The Morgan fingerprint density at radius 2 is 1.64 bits per heavy atom. The van der Waals surface area contributed by atoms with Crippen LogP contribution in [0.2, 0.25) is 0 Å². The van der Waals surface area contributed by atoms with Gasteiger partial charge >= 0.3 is 6.03 Å². The van der Waals surface area contributed by atoms with Gasteiger partial charge in [-0.3, -0.25) is 9.69 Å². The van der Waals surface area contributed by atoms with E-state index in [1.165, 1.54) is 12.1 Å². The molecule has 4 aromatic carbocycles. The molecule has 0 aromatic heterocycles. The van der Waals surface area contributed by atoms with Crippen LogP contribution in [0, 0.1) is 17.1 Å². The molecule has 1 aliphatic heterocycles. The largest absolute Gasteiger partial charge is 0.488 e. The molecular formula is C29H20FN3O3. The molecule has 176 valence electrons. The maximum Gasteiger partial charge on any atom is 0.329 e. The number of nitrogens with one attached hydrogen (secondary N) is 1. The normalized spacial score (nSPS) is 14.2. The molecule has 1 N–H and O–H groups in total. The van der Waals surface area contributed by atoms with Gasteiger partial charge in [0.2, 0.25) is 0 Å². The minimum absolute atomic E-state index is 0.0648. The second-order valence-corrected chi connectivity index (χ2v) is 8.23. The summed E-state index contributed by atoms with van der Waals surface area (Å²) in [5.41, 5.74) is 2.16. The topological polar surface area (TPSA) is 82.4 Å². The molecule has 1 aliphatic rings. The molecule has 0 radical (unpaired) electrons. The highest BCUT2D eigenvalue weighted by atomic mass is 19.1. The maximum absolute atomic E-state index is 14.1. The summed E-state index contributed by atoms with van der Waals surface area (Å²) in [6.07, 6.45) is 1.58. The SMILES string of the molecule is N#Cc1ccccc1COc1ccc2ccccc2c1/C=C1/NC(=O)N(Cc2ccccc2F)C1=O. The summed E-state index contributed by atoms with van der Waals surface area (Å²) in [4.78, 5) is 26.7. The zero-order valence-electron chi connectivity index (χ0n) is 19.1. The van der Waals surface area contributed by atoms with Gasteiger partial charge < -0.3 is 10.1 Å². The first-order valence-corrected chi connectivity index (χ1v) is 11.3. The van der Waals surface area contributed by atoms with Crippen LogP contribution < -0.4 is 10.1 Å². The number of rotatable bonds is 6. The number of halogens is 1. The standard InChI is InChI=1S/C29H20FN3O3/c30-25-12-6-4-9-21(25)17-33-28(34)26(32-29(33)35)15-24-23-11-5-3-7-19(23)13-14-27(24)36-18-22-10-2-1-8-20(22)16-31/h1-15H,17-18H2,(H,32,35)/b26-15+. The molecule has 6 nitrogen and oxygen atoms in total. The number of fused-ring (bicyclic) bond motifs is 1. The van der Waals surface area contributed by atoms with Crippen molar-refractivity contribution in [1.82, 2.24) is 10.2 Å². The maximum atomic E-state index is 14.1. The zero-order valence-corrected chi connectivity index (χ0v) is 19.1. The van der Waals surface area contributed by atoms with E-state index in [4.69, 9.17) is 4.74 Å². The number of hydrogen-bond acceptors (Lipinski definition) is 4. The quantitative estimate of drug-likeness (QED) is 0.293. The Balaban J connectivity index is 1.50. The second-order valence-electron chi connectivity index (χ2n) is 8.23. The smallest absolute Gasteiger partial charge is 0.329 e. The van der Waals surface area contributed by atoms with Crippen LogP contribution in [-0.4, -0.2) is 16.8 Å². The summed E-state index contributed by atoms with van der Waals surface area (Å²) < 4.78 is 20.2. The van der Waals surface area contributed by atoms with Gasteiger partial charge in [0.05, 0.1) is 18.2 Å². The van der Waals surface area contributed by atoms with Crippen molar-refractivity contribution in [1.29, 1.82) is 5.26 Å². The van der Waals surface area contributed by atoms with Crippen molar-refractivity contribution in [3.05, 3.63) is 119 Å². The Labute approximate surface area is 206 Å². The molecule has 0 unspecified atom stereocenters. The second kappa shape index (κ2) is 9.72. The molecule has 0 spiro atoms. The van der Waals surface area contributed by atoms with E-state index in [1.54, 1.807) is 36.4 Å². The predicted octanol–water partition coefficient (Wildman–Crippen LogP) is 5.52. The molecule has 0 bridgehead atoms. The van der Waals surface area contributed by atoms with Crippen LogP contribution in [0.5, 0.6) is 5.75 Å². The van der Waals surface area contributed by atoms with Gasteiger partial charge in [0.15, 0.2) is 0 Å². The number of nitrogens with zero attached hydrogens (tertiary/aromatic N) is 2. The van der Waals surface area contributed by atoms with Crippen molar-refractivity contribution >= 4 is 28.8 Å². The number of ether oxygens (including phenoxy) is 1. The van der Waals surface area contributed by atoms with Gasteiger partial charge in [-0.15, -0.1) is 0 Å². The average Bonchev–Trinajstić information content (AvgIpc) is 3.17. The summed E-state index contributed by atoms with van der Waals surface area (Å²) in [6, 6.07) is 26.0. The molecule has 1 saturated heterocycles. The lowest BCUT2D eigenvalue weighted by Gasteiger charge is -2.14. The zero-order chi connectivity index (χ0) is 25.1. The third kappa shape index (κ3) is 4.40. The van der Waals surface area contributed by atoms with Crippen LogP contribution in [0.1, 0.15) is 22.3 Å². The highest BCUT2D eigenvalue weighted by Gasteiger charge is 2.34. The summed E-state index contributed by atoms with van der Waals surface area (Å²) in [5, 5.41) is 13.7. The summed E-state index contributed by atoms with van der Waals surface area (Å²) in [6.45, 7) is -0.0313. The Morgan fingerprint density at radius 1 is 0.917 bits per heavy atom. The van der Waals surface area contributed by atoms with Crippen molar-refractivity contribution < 1.29 is 18.7 Å².